The van der Waals surface area contributed by atoms with E-state index < -0.39 is 5.67 Å². The molecule has 0 saturated carbocycles. The molecular formula is C14H21FN2. The Labute approximate surface area is 103 Å². The van der Waals surface area contributed by atoms with Crippen LogP contribution >= 0.6 is 0 Å². The molecule has 0 spiro atoms. The van der Waals surface area contributed by atoms with Crippen molar-refractivity contribution in [3.63, 3.8) is 0 Å². The zero-order valence-corrected chi connectivity index (χ0v) is 10.9. The highest BCUT2D eigenvalue weighted by molar-refractivity contribution is 5.46. The molecule has 0 aliphatic carbocycles. The van der Waals surface area contributed by atoms with E-state index in [0.717, 1.165) is 31.7 Å². The summed E-state index contributed by atoms with van der Waals surface area (Å²) in [7, 11) is 0. The van der Waals surface area contributed by atoms with Crippen molar-refractivity contribution in [2.45, 2.75) is 39.3 Å². The molecule has 1 aromatic heterocycles. The Morgan fingerprint density at radius 1 is 1.35 bits per heavy atom. The van der Waals surface area contributed by atoms with E-state index in [1.807, 2.05) is 12.3 Å². The number of aryl methyl sites for hydroxylation is 1. The first-order valence-corrected chi connectivity index (χ1v) is 6.34. The highest BCUT2D eigenvalue weighted by Gasteiger charge is 2.32. The van der Waals surface area contributed by atoms with Crippen LogP contribution in [-0.4, -0.2) is 23.7 Å². The maximum absolute atomic E-state index is 13.8. The summed E-state index contributed by atoms with van der Waals surface area (Å²) in [6.07, 6.45) is 3.66. The second-order valence-corrected chi connectivity index (χ2v) is 5.47. The van der Waals surface area contributed by atoms with Crippen LogP contribution in [0.15, 0.2) is 18.3 Å². The fourth-order valence-electron chi connectivity index (χ4n) is 2.59. The summed E-state index contributed by atoms with van der Waals surface area (Å²) in [6.45, 7) is 7.29. The van der Waals surface area contributed by atoms with Crippen molar-refractivity contribution in [1.29, 1.82) is 0 Å². The van der Waals surface area contributed by atoms with Crippen molar-refractivity contribution in [1.82, 2.24) is 4.98 Å². The smallest absolute Gasteiger partial charge is 0.131 e. The lowest BCUT2D eigenvalue weighted by atomic mass is 9.84. The summed E-state index contributed by atoms with van der Waals surface area (Å²) >= 11 is 0. The average molecular weight is 236 g/mol. The van der Waals surface area contributed by atoms with Crippen LogP contribution < -0.4 is 4.90 Å². The molecule has 2 heterocycles. The molecule has 0 amide bonds. The molecule has 1 fully saturated rings. The molecular weight excluding hydrogens is 215 g/mol. The quantitative estimate of drug-likeness (QED) is 0.782. The van der Waals surface area contributed by atoms with Gasteiger partial charge in [-0.3, -0.25) is 0 Å². The van der Waals surface area contributed by atoms with E-state index in [2.05, 4.69) is 22.9 Å². The summed E-state index contributed by atoms with van der Waals surface area (Å²) < 4.78 is 13.8. The Morgan fingerprint density at radius 3 is 2.53 bits per heavy atom. The molecule has 2 nitrogen and oxygen atoms in total. The lowest BCUT2D eigenvalue weighted by Crippen LogP contribution is -2.40. The monoisotopic (exact) mass is 236 g/mol. The molecule has 2 rings (SSSR count). The number of nitrogens with zero attached hydrogens (tertiary/aromatic N) is 2. The maximum Gasteiger partial charge on any atom is 0.131 e. The topological polar surface area (TPSA) is 16.1 Å². The van der Waals surface area contributed by atoms with Crippen molar-refractivity contribution in [3.8, 4) is 0 Å². The predicted molar refractivity (Wildman–Crippen MR) is 69.1 cm³/mol. The molecule has 0 aromatic carbocycles. The van der Waals surface area contributed by atoms with E-state index in [4.69, 9.17) is 0 Å². The van der Waals surface area contributed by atoms with Crippen LogP contribution in [0, 0.1) is 12.8 Å². The number of hydrogen-bond acceptors (Lipinski definition) is 2. The number of pyridine rings is 1. The molecule has 1 aliphatic heterocycles. The van der Waals surface area contributed by atoms with Gasteiger partial charge >= 0.3 is 0 Å². The van der Waals surface area contributed by atoms with Gasteiger partial charge in [0.2, 0.25) is 0 Å². The van der Waals surface area contributed by atoms with Crippen LogP contribution in [0.3, 0.4) is 0 Å². The third kappa shape index (κ3) is 2.76. The Bertz CT molecular complexity index is 376. The molecule has 17 heavy (non-hydrogen) atoms. The number of piperidine rings is 1. The van der Waals surface area contributed by atoms with Gasteiger partial charge in [0.15, 0.2) is 0 Å². The number of aromatic nitrogens is 1. The molecule has 0 radical (unpaired) electrons. The van der Waals surface area contributed by atoms with Gasteiger partial charge in [0.1, 0.15) is 11.5 Å². The van der Waals surface area contributed by atoms with Crippen LogP contribution in [0.2, 0.25) is 0 Å². The number of anilines is 1. The molecule has 0 N–H and O–H groups in total. The highest BCUT2D eigenvalue weighted by Crippen LogP contribution is 2.32. The zero-order valence-electron chi connectivity index (χ0n) is 10.9. The number of halogens is 1. The summed E-state index contributed by atoms with van der Waals surface area (Å²) in [5.74, 6) is 1.24. The fraction of sp³-hybridized carbons (Fsp3) is 0.643. The van der Waals surface area contributed by atoms with E-state index in [1.54, 1.807) is 13.8 Å². The summed E-state index contributed by atoms with van der Waals surface area (Å²) in [5.41, 5.74) is 0.149. The van der Waals surface area contributed by atoms with Crippen molar-refractivity contribution in [2.24, 2.45) is 5.92 Å². The molecule has 0 unspecified atom stereocenters. The third-order valence-electron chi connectivity index (χ3n) is 3.75. The van der Waals surface area contributed by atoms with Crippen LogP contribution in [0.1, 0.15) is 32.3 Å². The van der Waals surface area contributed by atoms with Gasteiger partial charge in [-0.1, -0.05) is 6.07 Å². The number of rotatable bonds is 2. The van der Waals surface area contributed by atoms with E-state index in [-0.39, 0.29) is 5.92 Å². The minimum Gasteiger partial charge on any atom is -0.356 e. The van der Waals surface area contributed by atoms with E-state index >= 15 is 0 Å². The third-order valence-corrected chi connectivity index (χ3v) is 3.75. The molecule has 1 saturated heterocycles. The van der Waals surface area contributed by atoms with Crippen molar-refractivity contribution < 1.29 is 4.39 Å². The molecule has 0 bridgehead atoms. The Morgan fingerprint density at radius 2 is 2.00 bits per heavy atom. The molecule has 1 aliphatic rings. The van der Waals surface area contributed by atoms with E-state index in [9.17, 15) is 4.39 Å². The SMILES string of the molecule is Cc1cccnc1N1CCC(C(C)(C)F)CC1. The zero-order chi connectivity index (χ0) is 12.5. The van der Waals surface area contributed by atoms with Crippen LogP contribution in [-0.2, 0) is 0 Å². The largest absolute Gasteiger partial charge is 0.356 e. The maximum atomic E-state index is 13.8. The van der Waals surface area contributed by atoms with Crippen molar-refractivity contribution >= 4 is 5.82 Å². The lowest BCUT2D eigenvalue weighted by molar-refractivity contribution is 0.104. The van der Waals surface area contributed by atoms with Gasteiger partial charge in [-0.25, -0.2) is 9.37 Å². The second kappa shape index (κ2) is 4.63. The molecule has 94 valence electrons. The summed E-state index contributed by atoms with van der Waals surface area (Å²) in [4.78, 5) is 6.70. The standard InChI is InChI=1S/C14H21FN2/c1-11-5-4-8-16-13(11)17-9-6-12(7-10-17)14(2,3)15/h4-5,8,12H,6-7,9-10H2,1-3H3. The number of hydrogen-bond donors (Lipinski definition) is 0. The van der Waals surface area contributed by atoms with Crippen molar-refractivity contribution in [3.05, 3.63) is 23.9 Å². The Balaban J connectivity index is 2.03. The second-order valence-electron chi connectivity index (χ2n) is 5.47. The Kier molecular flexibility index (Phi) is 3.36. The first kappa shape index (κ1) is 12.3. The first-order valence-electron chi connectivity index (χ1n) is 6.34. The van der Waals surface area contributed by atoms with E-state index in [0.29, 0.717) is 0 Å². The number of alkyl halides is 1. The summed E-state index contributed by atoms with van der Waals surface area (Å²) in [6, 6.07) is 4.03. The fourth-order valence-corrected chi connectivity index (χ4v) is 2.59. The van der Waals surface area contributed by atoms with Gasteiger partial charge < -0.3 is 4.90 Å². The van der Waals surface area contributed by atoms with Gasteiger partial charge in [0, 0.05) is 19.3 Å². The van der Waals surface area contributed by atoms with Crippen LogP contribution in [0.5, 0.6) is 0 Å². The minimum atomic E-state index is -1.05. The highest BCUT2D eigenvalue weighted by atomic mass is 19.1. The first-order chi connectivity index (χ1) is 7.98. The summed E-state index contributed by atoms with van der Waals surface area (Å²) in [5, 5.41) is 0. The Hall–Kier alpha value is -1.12. The minimum absolute atomic E-state index is 0.183. The van der Waals surface area contributed by atoms with Crippen LogP contribution in [0.25, 0.3) is 0 Å². The van der Waals surface area contributed by atoms with Gasteiger partial charge in [-0.05, 0) is 51.2 Å². The molecule has 3 heteroatoms. The van der Waals surface area contributed by atoms with Gasteiger partial charge in [0.25, 0.3) is 0 Å². The normalized spacial score (nSPS) is 18.5. The molecule has 1 aromatic rings. The lowest BCUT2D eigenvalue weighted by Gasteiger charge is -2.37. The van der Waals surface area contributed by atoms with Gasteiger partial charge in [0.05, 0.1) is 0 Å². The van der Waals surface area contributed by atoms with Crippen LogP contribution in [0.4, 0.5) is 10.2 Å². The van der Waals surface area contributed by atoms with Gasteiger partial charge in [-0.2, -0.15) is 0 Å². The van der Waals surface area contributed by atoms with E-state index in [1.165, 1.54) is 5.56 Å². The average Bonchev–Trinajstić information content (AvgIpc) is 2.29. The van der Waals surface area contributed by atoms with Crippen molar-refractivity contribution in [2.75, 3.05) is 18.0 Å². The van der Waals surface area contributed by atoms with Gasteiger partial charge in [-0.15, -0.1) is 0 Å². The predicted octanol–water partition coefficient (Wildman–Crippen LogP) is 3.35. The molecule has 0 atom stereocenters.